The fourth-order valence-corrected chi connectivity index (χ4v) is 9.15. The summed E-state index contributed by atoms with van der Waals surface area (Å²) in [6.07, 6.45) is -13.1. The third-order valence-electron chi connectivity index (χ3n) is 12.8. The number of carbonyl (C=O) groups excluding carboxylic acids is 3. The Bertz CT molecular complexity index is 2630. The molecule has 5 heterocycles. The van der Waals surface area contributed by atoms with Crippen LogP contribution in [0.1, 0.15) is 45.5 Å². The molecule has 0 bridgehead atoms. The zero-order valence-electron chi connectivity index (χ0n) is 38.0. The zero-order chi connectivity index (χ0) is 50.5. The molecule has 3 aromatic rings. The molecule has 3 amide bonds. The number of carboxylic acids is 1. The van der Waals surface area contributed by atoms with Crippen molar-refractivity contribution in [3.05, 3.63) is 93.6 Å². The molecule has 9 atom stereocenters. The second-order valence-electron chi connectivity index (χ2n) is 17.3. The molecule has 24 nitrogen and oxygen atoms in total. The summed E-state index contributed by atoms with van der Waals surface area (Å²) < 4.78 is 39.5. The molecule has 0 saturated carbocycles. The van der Waals surface area contributed by atoms with Crippen LogP contribution in [0.3, 0.4) is 0 Å². The second-order valence-corrected chi connectivity index (χ2v) is 17.3. The van der Waals surface area contributed by atoms with Crippen LogP contribution < -0.4 is 33.5 Å². The first-order chi connectivity index (χ1) is 33.3. The zero-order valence-corrected chi connectivity index (χ0v) is 38.0. The highest BCUT2D eigenvalue weighted by atomic mass is 16.7. The normalized spacial score (nSPS) is 26.1. The van der Waals surface area contributed by atoms with Crippen molar-refractivity contribution in [3.8, 4) is 28.7 Å². The van der Waals surface area contributed by atoms with Crippen molar-refractivity contribution >= 4 is 40.9 Å². The maximum absolute atomic E-state index is 14.1. The number of amides is 3. The lowest BCUT2D eigenvalue weighted by Crippen LogP contribution is -2.61. The number of benzene rings is 3. The van der Waals surface area contributed by atoms with Crippen molar-refractivity contribution in [2.75, 3.05) is 57.4 Å². The molecule has 3 fully saturated rings. The molecule has 0 aromatic heterocycles. The Morgan fingerprint density at radius 1 is 0.771 bits per heavy atom. The quantitative estimate of drug-likeness (QED) is 0.0577. The summed E-state index contributed by atoms with van der Waals surface area (Å²) in [5.74, 6) is -2.28. The first-order valence-corrected chi connectivity index (χ1v) is 21.9. The van der Waals surface area contributed by atoms with Gasteiger partial charge in [0.15, 0.2) is 41.1 Å². The number of anilines is 2. The van der Waals surface area contributed by atoms with Gasteiger partial charge in [0.25, 0.3) is 11.8 Å². The van der Waals surface area contributed by atoms with Gasteiger partial charge in [0.1, 0.15) is 31.1 Å². The van der Waals surface area contributed by atoms with Crippen molar-refractivity contribution in [3.63, 3.8) is 0 Å². The van der Waals surface area contributed by atoms with Crippen LogP contribution in [0.2, 0.25) is 0 Å². The van der Waals surface area contributed by atoms with Gasteiger partial charge in [-0.15, -0.1) is 0 Å². The smallest absolute Gasteiger partial charge is 0.416 e. The van der Waals surface area contributed by atoms with Gasteiger partial charge in [0.2, 0.25) is 6.29 Å². The van der Waals surface area contributed by atoms with E-state index in [4.69, 9.17) is 33.2 Å². The Balaban J connectivity index is 0.987. The fourth-order valence-electron chi connectivity index (χ4n) is 9.15. The molecular formula is C46H51N5O19. The number of ether oxygens (including phenoxy) is 7. The number of hydrogen-bond donors (Lipinski definition) is 6. The number of aliphatic carboxylic acids is 1. The topological polar surface area (TPSA) is 310 Å². The lowest BCUT2D eigenvalue weighted by atomic mass is 9.99. The average Bonchev–Trinajstić information content (AvgIpc) is 3.91. The minimum Gasteiger partial charge on any atom is -0.493 e. The molecule has 6 N–H and O–H groups in total. The molecule has 0 radical (unpaired) electrons. The van der Waals surface area contributed by atoms with Crippen molar-refractivity contribution < 1.29 is 87.9 Å². The number of nitro benzene ring substituents is 1. The van der Waals surface area contributed by atoms with Gasteiger partial charge in [0, 0.05) is 44.8 Å². The minimum absolute atomic E-state index is 0.00253. The number of fused-ring (bicyclic) bond motifs is 4. The third-order valence-corrected chi connectivity index (χ3v) is 12.8. The van der Waals surface area contributed by atoms with E-state index in [1.165, 1.54) is 37.3 Å². The standard InChI is InChI=1S/C46H51N5O19/c1-21-11-29-42(57)47(3)26-16-34(32(64-4)14-24(26)40(55)48(29)18-21)66-9-6-10-67-35-17-27-25(15-33(35)65-5)41(56)49-19-22(2)12-30(49)43(58)50(27)46(61)68-20-23-7-8-31(28(13-23)51(62)63)69-45-38(54)36(52)37(53)39(70-45)44(59)60/h7-8,13-17,29-30,36-39,42-43,45,52-54,57-58H,1-2,6,9-12,18-20H2,3-5H3,(H,59,60)/t29-,30-,36-,37?,38?,39-,42-,43-,45+/m0/s1. The number of nitro groups is 1. The predicted octanol–water partition coefficient (Wildman–Crippen LogP) is 1.52. The van der Waals surface area contributed by atoms with E-state index in [0.29, 0.717) is 35.5 Å². The molecular weight excluding hydrogens is 927 g/mol. The highest BCUT2D eigenvalue weighted by molar-refractivity contribution is 6.06. The van der Waals surface area contributed by atoms with Gasteiger partial charge in [-0.25, -0.2) is 14.5 Å². The lowest BCUT2D eigenvalue weighted by Gasteiger charge is -2.38. The number of likely N-dealkylation sites (N-methyl/N-ethyl adjacent to an activating group) is 1. The largest absolute Gasteiger partial charge is 0.493 e. The third kappa shape index (κ3) is 9.07. The molecule has 70 heavy (non-hydrogen) atoms. The van der Waals surface area contributed by atoms with E-state index in [-0.39, 0.29) is 72.6 Å². The van der Waals surface area contributed by atoms with E-state index in [9.17, 15) is 59.9 Å². The van der Waals surface area contributed by atoms with E-state index in [1.807, 2.05) is 0 Å². The summed E-state index contributed by atoms with van der Waals surface area (Å²) in [5.41, 5.74) is 1.36. The van der Waals surface area contributed by atoms with Gasteiger partial charge in [-0.3, -0.25) is 19.7 Å². The van der Waals surface area contributed by atoms with Crippen LogP contribution in [0.5, 0.6) is 28.7 Å². The number of aliphatic hydroxyl groups is 5. The van der Waals surface area contributed by atoms with Gasteiger partial charge < -0.3 is 78.5 Å². The van der Waals surface area contributed by atoms with Gasteiger partial charge in [-0.1, -0.05) is 30.4 Å². The molecule has 24 heteroatoms. The second kappa shape index (κ2) is 19.6. The predicted molar refractivity (Wildman–Crippen MR) is 240 cm³/mol. The Morgan fingerprint density at radius 3 is 1.89 bits per heavy atom. The molecule has 0 spiro atoms. The number of methoxy groups -OCH3 is 2. The minimum atomic E-state index is -2.04. The molecule has 3 aromatic carbocycles. The van der Waals surface area contributed by atoms with Crippen LogP contribution in [0.4, 0.5) is 21.9 Å². The fraction of sp³-hybridized carbons (Fsp3) is 0.435. The summed E-state index contributed by atoms with van der Waals surface area (Å²) in [6, 6.07) is 7.74. The van der Waals surface area contributed by atoms with Gasteiger partial charge in [-0.2, -0.15) is 0 Å². The number of carbonyl (C=O) groups is 4. The van der Waals surface area contributed by atoms with Crippen LogP contribution in [0.25, 0.3) is 0 Å². The van der Waals surface area contributed by atoms with E-state index in [2.05, 4.69) is 13.2 Å². The Hall–Kier alpha value is -7.22. The Kier molecular flexibility index (Phi) is 13.8. The van der Waals surface area contributed by atoms with E-state index in [1.54, 1.807) is 29.0 Å². The summed E-state index contributed by atoms with van der Waals surface area (Å²) in [6.45, 7) is 7.84. The van der Waals surface area contributed by atoms with Gasteiger partial charge in [-0.05, 0) is 36.6 Å². The van der Waals surface area contributed by atoms with Crippen LogP contribution in [0.15, 0.2) is 66.8 Å². The summed E-state index contributed by atoms with van der Waals surface area (Å²) in [7, 11) is 4.47. The number of rotatable bonds is 14. The number of aliphatic hydroxyl groups excluding tert-OH is 5. The van der Waals surface area contributed by atoms with Gasteiger partial charge >= 0.3 is 17.7 Å². The highest BCUT2D eigenvalue weighted by Gasteiger charge is 2.50. The molecule has 374 valence electrons. The van der Waals surface area contributed by atoms with Crippen LogP contribution in [-0.2, 0) is 20.9 Å². The van der Waals surface area contributed by atoms with E-state index < -0.39 is 96.2 Å². The van der Waals surface area contributed by atoms with Crippen LogP contribution in [-0.4, -0.2) is 172 Å². The van der Waals surface area contributed by atoms with Crippen molar-refractivity contribution in [1.29, 1.82) is 0 Å². The first-order valence-electron chi connectivity index (χ1n) is 21.9. The number of nitrogens with zero attached hydrogens (tertiary/aromatic N) is 5. The van der Waals surface area contributed by atoms with Crippen LogP contribution >= 0.6 is 0 Å². The van der Waals surface area contributed by atoms with E-state index >= 15 is 0 Å². The van der Waals surface area contributed by atoms with Gasteiger partial charge in [0.05, 0.1) is 66.9 Å². The average molecular weight is 978 g/mol. The summed E-state index contributed by atoms with van der Waals surface area (Å²) in [5, 5.41) is 75.1. The number of carboxylic acid groups (broad SMARTS) is 1. The first kappa shape index (κ1) is 49.2. The van der Waals surface area contributed by atoms with Crippen molar-refractivity contribution in [2.24, 2.45) is 0 Å². The molecule has 2 unspecified atom stereocenters. The molecule has 0 aliphatic carbocycles. The Labute approximate surface area is 398 Å². The molecule has 5 aliphatic rings. The molecule has 8 rings (SSSR count). The Morgan fingerprint density at radius 2 is 1.33 bits per heavy atom. The summed E-state index contributed by atoms with van der Waals surface area (Å²) in [4.78, 5) is 70.1. The van der Waals surface area contributed by atoms with E-state index in [0.717, 1.165) is 22.6 Å². The van der Waals surface area contributed by atoms with Crippen molar-refractivity contribution in [2.45, 2.75) is 81.1 Å². The highest BCUT2D eigenvalue weighted by Crippen LogP contribution is 2.44. The summed E-state index contributed by atoms with van der Waals surface area (Å²) >= 11 is 0. The maximum atomic E-state index is 14.1. The van der Waals surface area contributed by atoms with Crippen molar-refractivity contribution in [1.82, 2.24) is 9.80 Å². The molecule has 5 aliphatic heterocycles. The maximum Gasteiger partial charge on any atom is 0.416 e. The SMILES string of the molecule is C=C1C[C@H]2[C@H](O)N(C)c3cc(OCCCOc4cc5c(cc4OC)C(=O)N4CC(=C)C[C@H]4[C@H](O)N5C(=O)OCc4ccc(O[C@@H]5O[C@H](C(=O)O)C(O)[C@H](O)C5O)c([N+](=O)[O-])c4)c(OC)cc3C(=O)N2C1. The molecule has 3 saturated heterocycles. The lowest BCUT2D eigenvalue weighted by molar-refractivity contribution is -0.387. The van der Waals surface area contributed by atoms with Crippen LogP contribution in [0, 0.1) is 10.1 Å². The number of hydrogen-bond acceptors (Lipinski definition) is 19. The monoisotopic (exact) mass is 977 g/mol.